The Labute approximate surface area is 169 Å². The number of hydrogen-bond donors (Lipinski definition) is 0. The summed E-state index contributed by atoms with van der Waals surface area (Å²) in [5.74, 6) is 0.231. The highest BCUT2D eigenvalue weighted by Gasteiger charge is 2.51. The molecular formula is C23H24N4O2. The number of likely N-dealkylation sites (N-methyl/N-ethyl adjacent to an activating group) is 1. The van der Waals surface area contributed by atoms with E-state index in [0.717, 1.165) is 22.3 Å². The summed E-state index contributed by atoms with van der Waals surface area (Å²) in [5, 5.41) is 0. The summed E-state index contributed by atoms with van der Waals surface area (Å²) in [4.78, 5) is 34.4. The summed E-state index contributed by atoms with van der Waals surface area (Å²) in [6.07, 6.45) is 3.07. The lowest BCUT2D eigenvalue weighted by atomic mass is 9.73. The van der Waals surface area contributed by atoms with E-state index in [1.54, 1.807) is 11.2 Å². The van der Waals surface area contributed by atoms with Crippen LogP contribution in [0.3, 0.4) is 0 Å². The van der Waals surface area contributed by atoms with E-state index in [9.17, 15) is 9.59 Å². The van der Waals surface area contributed by atoms with Crippen LogP contribution in [0.5, 0.6) is 0 Å². The van der Waals surface area contributed by atoms with Gasteiger partial charge in [-0.25, -0.2) is 4.98 Å². The third-order valence-electron chi connectivity index (χ3n) is 6.68. The number of benzene rings is 2. The van der Waals surface area contributed by atoms with Gasteiger partial charge in [-0.05, 0) is 43.5 Å². The predicted molar refractivity (Wildman–Crippen MR) is 112 cm³/mol. The summed E-state index contributed by atoms with van der Waals surface area (Å²) >= 11 is 0. The fraction of sp³-hybridized carbons (Fsp3) is 0.348. The molecule has 6 nitrogen and oxygen atoms in total. The Bertz CT molecular complexity index is 1110. The van der Waals surface area contributed by atoms with Gasteiger partial charge >= 0.3 is 0 Å². The molecule has 5 rings (SSSR count). The number of aromatic nitrogens is 2. The van der Waals surface area contributed by atoms with Crippen LogP contribution < -0.4 is 4.90 Å². The van der Waals surface area contributed by atoms with Gasteiger partial charge in [-0.15, -0.1) is 0 Å². The Morgan fingerprint density at radius 3 is 2.55 bits per heavy atom. The number of nitrogens with zero attached hydrogens (tertiary/aromatic N) is 4. The Balaban J connectivity index is 1.37. The van der Waals surface area contributed by atoms with Crippen LogP contribution in [0.4, 0.5) is 5.69 Å². The van der Waals surface area contributed by atoms with Gasteiger partial charge in [-0.3, -0.25) is 9.59 Å². The van der Waals surface area contributed by atoms with Crippen LogP contribution in [0.25, 0.3) is 11.0 Å². The van der Waals surface area contributed by atoms with E-state index < -0.39 is 5.41 Å². The Morgan fingerprint density at radius 2 is 1.76 bits per heavy atom. The van der Waals surface area contributed by atoms with E-state index in [1.807, 2.05) is 65.9 Å². The van der Waals surface area contributed by atoms with Crippen LogP contribution >= 0.6 is 0 Å². The van der Waals surface area contributed by atoms with Crippen molar-refractivity contribution in [2.45, 2.75) is 31.2 Å². The molecule has 1 saturated heterocycles. The highest BCUT2D eigenvalue weighted by molar-refractivity contribution is 6.08. The number of para-hydroxylation sites is 3. The first kappa shape index (κ1) is 17.9. The smallest absolute Gasteiger partial charge is 0.245 e. The number of likely N-dealkylation sites (tertiary alicyclic amines) is 1. The average molecular weight is 388 g/mol. The molecule has 0 bridgehead atoms. The maximum absolute atomic E-state index is 13.2. The Hall–Kier alpha value is -3.15. The summed E-state index contributed by atoms with van der Waals surface area (Å²) < 4.78 is 1.94. The van der Waals surface area contributed by atoms with Crippen molar-refractivity contribution in [2.75, 3.05) is 25.0 Å². The molecule has 1 fully saturated rings. The molecule has 2 aliphatic heterocycles. The molecule has 3 aromatic rings. The van der Waals surface area contributed by atoms with Crippen molar-refractivity contribution in [3.05, 3.63) is 60.4 Å². The van der Waals surface area contributed by atoms with Gasteiger partial charge in [0, 0.05) is 25.8 Å². The summed E-state index contributed by atoms with van der Waals surface area (Å²) in [5.41, 5.74) is 3.46. The number of piperidine rings is 1. The molecular weight excluding hydrogens is 364 g/mol. The number of hydrogen-bond acceptors (Lipinski definition) is 3. The van der Waals surface area contributed by atoms with Crippen molar-refractivity contribution in [3.63, 3.8) is 0 Å². The first-order chi connectivity index (χ1) is 14.0. The normalized spacial score (nSPS) is 19.0. The molecule has 29 heavy (non-hydrogen) atoms. The minimum atomic E-state index is -0.493. The second kappa shape index (κ2) is 6.44. The molecule has 148 valence electrons. The quantitative estimate of drug-likeness (QED) is 0.678. The molecule has 2 amide bonds. The van der Waals surface area contributed by atoms with Crippen molar-refractivity contribution in [1.82, 2.24) is 14.5 Å². The highest BCUT2D eigenvalue weighted by atomic mass is 16.2. The van der Waals surface area contributed by atoms with Crippen LogP contribution in [-0.4, -0.2) is 46.4 Å². The van der Waals surface area contributed by atoms with E-state index in [-0.39, 0.29) is 17.9 Å². The van der Waals surface area contributed by atoms with Crippen LogP contribution in [0.2, 0.25) is 0 Å². The second-order valence-electron chi connectivity index (χ2n) is 8.11. The van der Waals surface area contributed by atoms with Gasteiger partial charge < -0.3 is 14.4 Å². The largest absolute Gasteiger partial charge is 0.341 e. The van der Waals surface area contributed by atoms with Crippen molar-refractivity contribution in [1.29, 1.82) is 0 Å². The van der Waals surface area contributed by atoms with E-state index in [1.165, 1.54) is 0 Å². The first-order valence-electron chi connectivity index (χ1n) is 10.1. The SMILES string of the molecule is CC(C(=O)N1CCC2(CC1)C(=O)N(C)c1ccccc12)n1cnc2ccccc21. The molecule has 1 aromatic heterocycles. The number of rotatable bonds is 2. The van der Waals surface area contributed by atoms with Gasteiger partial charge in [-0.1, -0.05) is 30.3 Å². The third kappa shape index (κ3) is 2.51. The number of imidazole rings is 1. The fourth-order valence-electron chi connectivity index (χ4n) is 4.98. The van der Waals surface area contributed by atoms with Crippen molar-refractivity contribution < 1.29 is 9.59 Å². The summed E-state index contributed by atoms with van der Waals surface area (Å²) in [7, 11) is 1.85. The molecule has 2 aliphatic rings. The van der Waals surface area contributed by atoms with Crippen LogP contribution in [0, 0.1) is 0 Å². The zero-order chi connectivity index (χ0) is 20.2. The molecule has 1 spiro atoms. The molecule has 1 unspecified atom stereocenters. The zero-order valence-electron chi connectivity index (χ0n) is 16.7. The molecule has 0 aliphatic carbocycles. The van der Waals surface area contributed by atoms with E-state index in [0.29, 0.717) is 25.9 Å². The maximum atomic E-state index is 13.2. The van der Waals surface area contributed by atoms with Gasteiger partial charge in [0.15, 0.2) is 0 Å². The topological polar surface area (TPSA) is 58.4 Å². The molecule has 0 radical (unpaired) electrons. The lowest BCUT2D eigenvalue weighted by molar-refractivity contribution is -0.138. The lowest BCUT2D eigenvalue weighted by Crippen LogP contribution is -2.50. The maximum Gasteiger partial charge on any atom is 0.245 e. The van der Waals surface area contributed by atoms with Gasteiger partial charge in [0.1, 0.15) is 6.04 Å². The van der Waals surface area contributed by atoms with Crippen molar-refractivity contribution >= 4 is 28.5 Å². The number of amides is 2. The molecule has 6 heteroatoms. The minimum absolute atomic E-state index is 0.0788. The van der Waals surface area contributed by atoms with Gasteiger partial charge in [0.25, 0.3) is 0 Å². The average Bonchev–Trinajstić information content (AvgIpc) is 3.28. The summed E-state index contributed by atoms with van der Waals surface area (Å²) in [6.45, 7) is 3.10. The first-order valence-corrected chi connectivity index (χ1v) is 10.1. The predicted octanol–water partition coefficient (Wildman–Crippen LogP) is 3.13. The van der Waals surface area contributed by atoms with Crippen LogP contribution in [0.15, 0.2) is 54.9 Å². The molecule has 0 saturated carbocycles. The van der Waals surface area contributed by atoms with Crippen molar-refractivity contribution in [3.8, 4) is 0 Å². The molecule has 3 heterocycles. The lowest BCUT2D eigenvalue weighted by Gasteiger charge is -2.39. The Kier molecular flexibility index (Phi) is 3.98. The minimum Gasteiger partial charge on any atom is -0.341 e. The standard InChI is InChI=1S/C23H24N4O2/c1-16(27-15-24-18-8-4-6-10-20(18)27)21(28)26-13-11-23(12-14-26)17-7-3-5-9-19(17)25(2)22(23)29/h3-10,15-16H,11-14H2,1-2H3. The highest BCUT2D eigenvalue weighted by Crippen LogP contribution is 2.47. The van der Waals surface area contributed by atoms with E-state index >= 15 is 0 Å². The number of carbonyl (C=O) groups excluding carboxylic acids is 2. The van der Waals surface area contributed by atoms with Gasteiger partial charge in [-0.2, -0.15) is 0 Å². The number of anilines is 1. The van der Waals surface area contributed by atoms with Gasteiger partial charge in [0.05, 0.1) is 22.8 Å². The Morgan fingerprint density at radius 1 is 1.07 bits per heavy atom. The van der Waals surface area contributed by atoms with Crippen molar-refractivity contribution in [2.24, 2.45) is 0 Å². The number of fused-ring (bicyclic) bond motifs is 3. The molecule has 0 N–H and O–H groups in total. The second-order valence-corrected chi connectivity index (χ2v) is 8.11. The summed E-state index contributed by atoms with van der Waals surface area (Å²) in [6, 6.07) is 15.6. The fourth-order valence-corrected chi connectivity index (χ4v) is 4.98. The van der Waals surface area contributed by atoms with Crippen LogP contribution in [0.1, 0.15) is 31.4 Å². The van der Waals surface area contributed by atoms with Gasteiger partial charge in [0.2, 0.25) is 11.8 Å². The molecule has 2 aromatic carbocycles. The molecule has 1 atom stereocenters. The number of carbonyl (C=O) groups is 2. The zero-order valence-corrected chi connectivity index (χ0v) is 16.7. The van der Waals surface area contributed by atoms with E-state index in [4.69, 9.17) is 0 Å². The third-order valence-corrected chi connectivity index (χ3v) is 6.68. The monoisotopic (exact) mass is 388 g/mol. The van der Waals surface area contributed by atoms with Crippen LogP contribution in [-0.2, 0) is 15.0 Å². The van der Waals surface area contributed by atoms with E-state index in [2.05, 4.69) is 11.1 Å².